The van der Waals surface area contributed by atoms with Gasteiger partial charge in [-0.1, -0.05) is 13.8 Å². The largest absolute Gasteiger partial charge is 0.496 e. The molecular weight excluding hydrogens is 288 g/mol. The molecule has 0 amide bonds. The highest BCUT2D eigenvalue weighted by Crippen LogP contribution is 2.23. The summed E-state index contributed by atoms with van der Waals surface area (Å²) in [7, 11) is -0.335. The predicted molar refractivity (Wildman–Crippen MR) is 85.0 cm³/mol. The first kappa shape index (κ1) is 17.9. The third-order valence-electron chi connectivity index (χ3n) is 3.71. The number of sulfonamides is 1. The molecule has 2 N–H and O–H groups in total. The summed E-state index contributed by atoms with van der Waals surface area (Å²) in [5.74, 6) is 1.02. The molecule has 0 heterocycles. The van der Waals surface area contributed by atoms with E-state index >= 15 is 0 Å². The minimum atomic E-state index is -3.49. The third-order valence-corrected chi connectivity index (χ3v) is 5.56. The lowest BCUT2D eigenvalue weighted by Crippen LogP contribution is -2.34. The third kappa shape index (κ3) is 4.43. The fourth-order valence-electron chi connectivity index (χ4n) is 1.98. The fourth-order valence-corrected chi connectivity index (χ4v) is 3.25. The molecule has 0 fully saturated rings. The molecule has 0 saturated carbocycles. The van der Waals surface area contributed by atoms with Crippen molar-refractivity contribution in [1.29, 1.82) is 0 Å². The molecule has 0 aliphatic rings. The number of nitrogens with zero attached hydrogens (tertiary/aromatic N) is 1. The summed E-state index contributed by atoms with van der Waals surface area (Å²) in [6.07, 6.45) is 0.641. The molecule has 1 aromatic rings. The van der Waals surface area contributed by atoms with E-state index in [0.717, 1.165) is 5.56 Å². The average molecular weight is 314 g/mol. The van der Waals surface area contributed by atoms with Crippen LogP contribution in [0.3, 0.4) is 0 Å². The Kier molecular flexibility index (Phi) is 6.19. The van der Waals surface area contributed by atoms with Gasteiger partial charge in [-0.25, -0.2) is 12.7 Å². The van der Waals surface area contributed by atoms with E-state index in [1.807, 2.05) is 20.8 Å². The first-order chi connectivity index (χ1) is 9.70. The Morgan fingerprint density at radius 3 is 2.43 bits per heavy atom. The van der Waals surface area contributed by atoms with Gasteiger partial charge in [0.05, 0.1) is 12.0 Å². The SMILES string of the molecule is COc1ccc(S(=O)(=O)N(C)CCC(N)C(C)C)cc1C. The number of hydrogen-bond acceptors (Lipinski definition) is 4. The molecule has 1 unspecified atom stereocenters. The first-order valence-electron chi connectivity index (χ1n) is 7.06. The van der Waals surface area contributed by atoms with Gasteiger partial charge >= 0.3 is 0 Å². The summed E-state index contributed by atoms with van der Waals surface area (Å²) in [5, 5.41) is 0. The highest BCUT2D eigenvalue weighted by atomic mass is 32.2. The van der Waals surface area contributed by atoms with Gasteiger partial charge in [0.1, 0.15) is 5.75 Å². The highest BCUT2D eigenvalue weighted by molar-refractivity contribution is 7.89. The van der Waals surface area contributed by atoms with Crippen molar-refractivity contribution >= 4 is 10.0 Å². The van der Waals surface area contributed by atoms with Crippen LogP contribution in [0, 0.1) is 12.8 Å². The van der Waals surface area contributed by atoms with E-state index in [4.69, 9.17) is 10.5 Å². The number of nitrogens with two attached hydrogens (primary N) is 1. The van der Waals surface area contributed by atoms with E-state index in [2.05, 4.69) is 0 Å². The van der Waals surface area contributed by atoms with Crippen LogP contribution in [-0.4, -0.2) is 39.5 Å². The molecule has 0 aliphatic carbocycles. The lowest BCUT2D eigenvalue weighted by atomic mass is 10.0. The highest BCUT2D eigenvalue weighted by Gasteiger charge is 2.22. The summed E-state index contributed by atoms with van der Waals surface area (Å²) in [5.41, 5.74) is 6.77. The lowest BCUT2D eigenvalue weighted by Gasteiger charge is -2.21. The van der Waals surface area contributed by atoms with Gasteiger partial charge in [-0.15, -0.1) is 0 Å². The molecule has 1 rings (SSSR count). The van der Waals surface area contributed by atoms with Gasteiger partial charge in [0.2, 0.25) is 10.0 Å². The molecule has 0 radical (unpaired) electrons. The summed E-state index contributed by atoms with van der Waals surface area (Å²) >= 11 is 0. The Labute approximate surface area is 128 Å². The number of ether oxygens (including phenoxy) is 1. The van der Waals surface area contributed by atoms with Crippen LogP contribution in [0.1, 0.15) is 25.8 Å². The van der Waals surface area contributed by atoms with Gasteiger partial charge in [-0.05, 0) is 43.0 Å². The van der Waals surface area contributed by atoms with E-state index in [1.54, 1.807) is 32.4 Å². The van der Waals surface area contributed by atoms with Gasteiger partial charge in [-0.2, -0.15) is 0 Å². The van der Waals surface area contributed by atoms with E-state index in [9.17, 15) is 8.42 Å². The Balaban J connectivity index is 2.87. The summed E-state index contributed by atoms with van der Waals surface area (Å²) < 4.78 is 31.5. The van der Waals surface area contributed by atoms with Crippen molar-refractivity contribution in [2.75, 3.05) is 20.7 Å². The molecule has 1 aromatic carbocycles. The second kappa shape index (κ2) is 7.24. The lowest BCUT2D eigenvalue weighted by molar-refractivity contribution is 0.397. The van der Waals surface area contributed by atoms with E-state index < -0.39 is 10.0 Å². The van der Waals surface area contributed by atoms with Crippen LogP contribution in [0.15, 0.2) is 23.1 Å². The second-order valence-corrected chi connectivity index (χ2v) is 7.70. The number of methoxy groups -OCH3 is 1. The molecule has 21 heavy (non-hydrogen) atoms. The van der Waals surface area contributed by atoms with Crippen LogP contribution >= 0.6 is 0 Å². The van der Waals surface area contributed by atoms with E-state index in [-0.39, 0.29) is 10.9 Å². The smallest absolute Gasteiger partial charge is 0.242 e. The maximum absolute atomic E-state index is 12.5. The first-order valence-corrected chi connectivity index (χ1v) is 8.50. The molecule has 0 aliphatic heterocycles. The number of hydrogen-bond donors (Lipinski definition) is 1. The fraction of sp³-hybridized carbons (Fsp3) is 0.600. The Bertz CT molecular complexity index is 570. The maximum atomic E-state index is 12.5. The zero-order chi connectivity index (χ0) is 16.2. The van der Waals surface area contributed by atoms with Gasteiger partial charge in [0.25, 0.3) is 0 Å². The van der Waals surface area contributed by atoms with Gasteiger partial charge in [-0.3, -0.25) is 0 Å². The van der Waals surface area contributed by atoms with Crippen LogP contribution < -0.4 is 10.5 Å². The van der Waals surface area contributed by atoms with Crippen molar-refractivity contribution in [1.82, 2.24) is 4.31 Å². The zero-order valence-corrected chi connectivity index (χ0v) is 14.3. The minimum Gasteiger partial charge on any atom is -0.496 e. The van der Waals surface area contributed by atoms with Crippen molar-refractivity contribution in [3.05, 3.63) is 23.8 Å². The van der Waals surface area contributed by atoms with Crippen LogP contribution in [0.25, 0.3) is 0 Å². The van der Waals surface area contributed by atoms with Crippen molar-refractivity contribution < 1.29 is 13.2 Å². The van der Waals surface area contributed by atoms with Crippen molar-refractivity contribution in [2.45, 2.75) is 38.1 Å². The summed E-state index contributed by atoms with van der Waals surface area (Å²) in [4.78, 5) is 0.279. The molecular formula is C15H26N2O3S. The average Bonchev–Trinajstić information content (AvgIpc) is 2.43. The summed E-state index contributed by atoms with van der Waals surface area (Å²) in [6.45, 7) is 6.30. The monoisotopic (exact) mass is 314 g/mol. The maximum Gasteiger partial charge on any atom is 0.242 e. The number of rotatable bonds is 7. The molecule has 6 heteroatoms. The number of aryl methyl sites for hydroxylation is 1. The zero-order valence-electron chi connectivity index (χ0n) is 13.5. The Hall–Kier alpha value is -1.11. The van der Waals surface area contributed by atoms with Gasteiger partial charge < -0.3 is 10.5 Å². The molecule has 0 spiro atoms. The van der Waals surface area contributed by atoms with Crippen LogP contribution in [0.2, 0.25) is 0 Å². The second-order valence-electron chi connectivity index (χ2n) is 5.65. The molecule has 0 bridgehead atoms. The molecule has 120 valence electrons. The minimum absolute atomic E-state index is 0.000235. The molecule has 5 nitrogen and oxygen atoms in total. The Morgan fingerprint density at radius 1 is 1.33 bits per heavy atom. The molecule has 1 atom stereocenters. The molecule has 0 saturated heterocycles. The van der Waals surface area contributed by atoms with E-state index in [0.29, 0.717) is 24.6 Å². The Morgan fingerprint density at radius 2 is 1.95 bits per heavy atom. The molecule has 0 aromatic heterocycles. The van der Waals surface area contributed by atoms with Crippen LogP contribution in [0.5, 0.6) is 5.75 Å². The topological polar surface area (TPSA) is 72.6 Å². The van der Waals surface area contributed by atoms with Crippen molar-refractivity contribution in [3.8, 4) is 5.75 Å². The van der Waals surface area contributed by atoms with Crippen molar-refractivity contribution in [2.24, 2.45) is 11.7 Å². The normalized spacial score (nSPS) is 13.7. The van der Waals surface area contributed by atoms with Gasteiger partial charge in [0, 0.05) is 19.6 Å². The predicted octanol–water partition coefficient (Wildman–Crippen LogP) is 2.00. The van der Waals surface area contributed by atoms with Gasteiger partial charge in [0.15, 0.2) is 0 Å². The standard InChI is InChI=1S/C15H26N2O3S/c1-11(2)14(16)8-9-17(4)21(18,19)13-6-7-15(20-5)12(3)10-13/h6-7,10-11,14H,8-9,16H2,1-5H3. The van der Waals surface area contributed by atoms with Crippen LogP contribution in [-0.2, 0) is 10.0 Å². The quantitative estimate of drug-likeness (QED) is 0.835. The summed E-state index contributed by atoms with van der Waals surface area (Å²) in [6, 6.07) is 4.88. The number of benzene rings is 1. The van der Waals surface area contributed by atoms with E-state index in [1.165, 1.54) is 4.31 Å². The van der Waals surface area contributed by atoms with Crippen molar-refractivity contribution in [3.63, 3.8) is 0 Å². The van der Waals surface area contributed by atoms with Crippen LogP contribution in [0.4, 0.5) is 0 Å².